The van der Waals surface area contributed by atoms with E-state index >= 15 is 0 Å². The zero-order valence-corrected chi connectivity index (χ0v) is 7.95. The molecule has 0 aromatic rings. The van der Waals surface area contributed by atoms with Gasteiger partial charge in [0, 0.05) is 27.3 Å². The molecule has 72 valence electrons. The summed E-state index contributed by atoms with van der Waals surface area (Å²) in [5.74, 6) is 0. The molecule has 12 heavy (non-hydrogen) atoms. The molecule has 0 amide bonds. The predicted molar refractivity (Wildman–Crippen MR) is 45.0 cm³/mol. The van der Waals surface area contributed by atoms with E-state index in [1.54, 1.807) is 14.2 Å². The van der Waals surface area contributed by atoms with Gasteiger partial charge in [-0.25, -0.2) is 0 Å². The van der Waals surface area contributed by atoms with Crippen LogP contribution >= 0.6 is 0 Å². The molecule has 1 fully saturated rings. The second-order valence-electron chi connectivity index (χ2n) is 3.08. The predicted octanol–water partition coefficient (Wildman–Crippen LogP) is -0.0641. The smallest absolute Gasteiger partial charge is 0.180 e. The molecule has 0 aromatic heterocycles. The zero-order valence-electron chi connectivity index (χ0n) is 7.95. The first kappa shape index (κ1) is 9.92. The van der Waals surface area contributed by atoms with Crippen molar-refractivity contribution in [3.8, 4) is 0 Å². The molecule has 0 bridgehead atoms. The number of likely N-dealkylation sites (N-methyl/N-ethyl adjacent to an activating group) is 1. The molecule has 1 heterocycles. The Morgan fingerprint density at radius 2 is 1.92 bits per heavy atom. The lowest BCUT2D eigenvalue weighted by Gasteiger charge is -2.36. The first-order valence-corrected chi connectivity index (χ1v) is 4.12. The van der Waals surface area contributed by atoms with Gasteiger partial charge in [-0.1, -0.05) is 0 Å². The highest BCUT2D eigenvalue weighted by Crippen LogP contribution is 2.09. The number of methoxy groups -OCH3 is 2. The average Bonchev–Trinajstić information content (AvgIpc) is 2.03. The number of ether oxygens (including phenoxy) is 3. The highest BCUT2D eigenvalue weighted by atomic mass is 16.7. The number of rotatable bonds is 5. The van der Waals surface area contributed by atoms with E-state index in [-0.39, 0.29) is 6.29 Å². The van der Waals surface area contributed by atoms with Gasteiger partial charge in [-0.05, 0) is 7.05 Å². The quantitative estimate of drug-likeness (QED) is 0.548. The minimum atomic E-state index is -0.226. The number of nitrogens with zero attached hydrogens (tertiary/aromatic N) is 1. The Morgan fingerprint density at radius 3 is 2.33 bits per heavy atom. The van der Waals surface area contributed by atoms with Crippen LogP contribution in [0.5, 0.6) is 0 Å². The second kappa shape index (κ2) is 4.77. The Bertz CT molecular complexity index is 121. The van der Waals surface area contributed by atoms with E-state index < -0.39 is 0 Å². The summed E-state index contributed by atoms with van der Waals surface area (Å²) in [5.41, 5.74) is 0. The van der Waals surface area contributed by atoms with E-state index in [0.29, 0.717) is 12.7 Å². The van der Waals surface area contributed by atoms with Crippen LogP contribution in [0, 0.1) is 0 Å². The highest BCUT2D eigenvalue weighted by Gasteiger charge is 2.24. The van der Waals surface area contributed by atoms with Gasteiger partial charge in [-0.15, -0.1) is 0 Å². The lowest BCUT2D eigenvalue weighted by Crippen LogP contribution is -2.50. The fraction of sp³-hybridized carbons (Fsp3) is 1.00. The molecule has 1 saturated heterocycles. The molecule has 4 nitrogen and oxygen atoms in total. The van der Waals surface area contributed by atoms with Crippen LogP contribution in [-0.2, 0) is 14.2 Å². The summed E-state index contributed by atoms with van der Waals surface area (Å²) in [5, 5.41) is 0. The Balaban J connectivity index is 2.01. The average molecular weight is 175 g/mol. The first-order valence-electron chi connectivity index (χ1n) is 4.12. The van der Waals surface area contributed by atoms with E-state index in [1.807, 2.05) is 0 Å². The standard InChI is InChI=1S/C8H17NO3/c1-9-4-7(5-9)12-6-8(10-2)11-3/h7-8H,4-6H2,1-3H3. The van der Waals surface area contributed by atoms with Crippen molar-refractivity contribution in [1.29, 1.82) is 0 Å². The van der Waals surface area contributed by atoms with Crippen LogP contribution in [0.15, 0.2) is 0 Å². The molecule has 1 rings (SSSR count). The van der Waals surface area contributed by atoms with Crippen LogP contribution in [0.1, 0.15) is 0 Å². The normalized spacial score (nSPS) is 20.0. The molecule has 0 atom stereocenters. The largest absolute Gasteiger partial charge is 0.370 e. The summed E-state index contributed by atoms with van der Waals surface area (Å²) in [6.45, 7) is 2.55. The number of likely N-dealkylation sites (tertiary alicyclic amines) is 1. The molecule has 0 aromatic carbocycles. The van der Waals surface area contributed by atoms with Gasteiger partial charge in [-0.2, -0.15) is 0 Å². The van der Waals surface area contributed by atoms with Gasteiger partial charge in [0.25, 0.3) is 0 Å². The van der Waals surface area contributed by atoms with Crippen molar-refractivity contribution >= 4 is 0 Å². The van der Waals surface area contributed by atoms with Crippen molar-refractivity contribution in [2.45, 2.75) is 12.4 Å². The third kappa shape index (κ3) is 2.71. The maximum atomic E-state index is 5.50. The second-order valence-corrected chi connectivity index (χ2v) is 3.08. The molecule has 0 unspecified atom stereocenters. The fourth-order valence-corrected chi connectivity index (χ4v) is 1.19. The van der Waals surface area contributed by atoms with Crippen molar-refractivity contribution < 1.29 is 14.2 Å². The molecule has 0 N–H and O–H groups in total. The van der Waals surface area contributed by atoms with E-state index in [2.05, 4.69) is 11.9 Å². The van der Waals surface area contributed by atoms with Crippen molar-refractivity contribution in [3.63, 3.8) is 0 Å². The lowest BCUT2D eigenvalue weighted by molar-refractivity contribution is -0.165. The topological polar surface area (TPSA) is 30.9 Å². The Hall–Kier alpha value is -0.160. The minimum absolute atomic E-state index is 0.226. The summed E-state index contributed by atoms with van der Waals surface area (Å²) in [4.78, 5) is 2.21. The Morgan fingerprint density at radius 1 is 1.33 bits per heavy atom. The molecular formula is C8H17NO3. The molecule has 0 radical (unpaired) electrons. The van der Waals surface area contributed by atoms with Gasteiger partial charge in [0.15, 0.2) is 6.29 Å². The van der Waals surface area contributed by atoms with Crippen molar-refractivity contribution in [2.75, 3.05) is 41.0 Å². The monoisotopic (exact) mass is 175 g/mol. The van der Waals surface area contributed by atoms with Gasteiger partial charge >= 0.3 is 0 Å². The maximum Gasteiger partial charge on any atom is 0.180 e. The zero-order chi connectivity index (χ0) is 8.97. The van der Waals surface area contributed by atoms with Gasteiger partial charge in [0.1, 0.15) is 0 Å². The Kier molecular flexibility index (Phi) is 3.94. The van der Waals surface area contributed by atoms with Crippen LogP contribution in [-0.4, -0.2) is 58.3 Å². The summed E-state index contributed by atoms with van der Waals surface area (Å²) in [6, 6.07) is 0. The fourth-order valence-electron chi connectivity index (χ4n) is 1.19. The van der Waals surface area contributed by atoms with Gasteiger partial charge in [0.2, 0.25) is 0 Å². The molecule has 4 heteroatoms. The maximum absolute atomic E-state index is 5.50. The summed E-state index contributed by atoms with van der Waals surface area (Å²) < 4.78 is 15.5. The van der Waals surface area contributed by atoms with Crippen LogP contribution in [0.2, 0.25) is 0 Å². The molecule has 1 aliphatic rings. The van der Waals surface area contributed by atoms with Gasteiger partial charge in [-0.3, -0.25) is 0 Å². The first-order chi connectivity index (χ1) is 5.76. The van der Waals surface area contributed by atoms with E-state index in [1.165, 1.54) is 0 Å². The summed E-state index contributed by atoms with van der Waals surface area (Å²) >= 11 is 0. The summed E-state index contributed by atoms with van der Waals surface area (Å²) in [6.07, 6.45) is 0.138. The molecule has 0 spiro atoms. The minimum Gasteiger partial charge on any atom is -0.370 e. The van der Waals surface area contributed by atoms with E-state index in [4.69, 9.17) is 14.2 Å². The van der Waals surface area contributed by atoms with E-state index in [0.717, 1.165) is 13.1 Å². The molecular weight excluding hydrogens is 158 g/mol. The third-order valence-corrected chi connectivity index (χ3v) is 2.02. The van der Waals surface area contributed by atoms with Crippen LogP contribution in [0.3, 0.4) is 0 Å². The molecule has 1 aliphatic heterocycles. The number of hydrogen-bond acceptors (Lipinski definition) is 4. The van der Waals surface area contributed by atoms with Crippen LogP contribution in [0.25, 0.3) is 0 Å². The van der Waals surface area contributed by atoms with Crippen molar-refractivity contribution in [3.05, 3.63) is 0 Å². The highest BCUT2D eigenvalue weighted by molar-refractivity contribution is 4.77. The lowest BCUT2D eigenvalue weighted by atomic mass is 10.2. The summed E-state index contributed by atoms with van der Waals surface area (Å²) in [7, 11) is 5.30. The van der Waals surface area contributed by atoms with Gasteiger partial charge in [0.05, 0.1) is 12.7 Å². The van der Waals surface area contributed by atoms with Crippen LogP contribution < -0.4 is 0 Å². The molecule has 0 aliphatic carbocycles. The molecule has 0 saturated carbocycles. The SMILES string of the molecule is COC(COC1CN(C)C1)OC. The van der Waals surface area contributed by atoms with Gasteiger partial charge < -0.3 is 19.1 Å². The van der Waals surface area contributed by atoms with Crippen molar-refractivity contribution in [2.24, 2.45) is 0 Å². The Labute approximate surface area is 73.4 Å². The van der Waals surface area contributed by atoms with Crippen molar-refractivity contribution in [1.82, 2.24) is 4.90 Å². The number of hydrogen-bond donors (Lipinski definition) is 0. The van der Waals surface area contributed by atoms with Crippen LogP contribution in [0.4, 0.5) is 0 Å². The third-order valence-electron chi connectivity index (χ3n) is 2.02. The van der Waals surface area contributed by atoms with E-state index in [9.17, 15) is 0 Å².